The number of hydrogen-bond donors (Lipinski definition) is 0. The summed E-state index contributed by atoms with van der Waals surface area (Å²) in [5, 5.41) is 0. The zero-order valence-corrected chi connectivity index (χ0v) is 16.3. The summed E-state index contributed by atoms with van der Waals surface area (Å²) in [4.78, 5) is 36.6. The molecule has 0 aliphatic carbocycles. The Bertz CT molecular complexity index is 1060. The van der Waals surface area contributed by atoms with Crippen LogP contribution in [-0.4, -0.2) is 38.4 Å². The minimum Gasteiger partial charge on any atom is -0.339 e. The number of piperidine rings is 1. The van der Waals surface area contributed by atoms with Crippen molar-refractivity contribution in [2.45, 2.75) is 39.2 Å². The summed E-state index contributed by atoms with van der Waals surface area (Å²) in [6, 6.07) is 10.8. The van der Waals surface area contributed by atoms with Gasteiger partial charge in [0.25, 0.3) is 11.5 Å². The molecule has 0 unspecified atom stereocenters. The second-order valence-electron chi connectivity index (χ2n) is 7.51. The summed E-state index contributed by atoms with van der Waals surface area (Å²) >= 11 is 0. The van der Waals surface area contributed by atoms with E-state index in [4.69, 9.17) is 0 Å². The number of carbonyl (C=O) groups is 1. The molecule has 1 fully saturated rings. The van der Waals surface area contributed by atoms with Gasteiger partial charge in [-0.3, -0.25) is 14.2 Å². The van der Waals surface area contributed by atoms with Crippen LogP contribution in [0.4, 0.5) is 0 Å². The van der Waals surface area contributed by atoms with Gasteiger partial charge < -0.3 is 4.90 Å². The van der Waals surface area contributed by atoms with E-state index in [0.29, 0.717) is 28.0 Å². The molecule has 3 heterocycles. The summed E-state index contributed by atoms with van der Waals surface area (Å²) in [5.74, 6) is 0.0570. The molecule has 4 rings (SSSR count). The number of pyridine rings is 1. The predicted octanol–water partition coefficient (Wildman–Crippen LogP) is 3.67. The van der Waals surface area contributed by atoms with E-state index in [1.165, 1.54) is 6.42 Å². The van der Waals surface area contributed by atoms with Gasteiger partial charge in [-0.2, -0.15) is 0 Å². The van der Waals surface area contributed by atoms with Crippen molar-refractivity contribution >= 4 is 17.1 Å². The third-order valence-electron chi connectivity index (χ3n) is 5.21. The molecule has 0 atom stereocenters. The Balaban J connectivity index is 1.73. The quantitative estimate of drug-likeness (QED) is 0.699. The monoisotopic (exact) mass is 376 g/mol. The van der Waals surface area contributed by atoms with Crippen molar-refractivity contribution in [3.8, 4) is 11.3 Å². The van der Waals surface area contributed by atoms with E-state index in [1.54, 1.807) is 22.9 Å². The van der Waals surface area contributed by atoms with Crippen LogP contribution in [0.2, 0.25) is 0 Å². The SMILES string of the molecule is CC(C)n1c(=O)c(-c2ccc(C(=O)N3CCCCC3)cc2)nc2cccnc21. The van der Waals surface area contributed by atoms with Crippen LogP contribution in [0.5, 0.6) is 0 Å². The second kappa shape index (κ2) is 7.54. The highest BCUT2D eigenvalue weighted by molar-refractivity contribution is 5.94. The first-order chi connectivity index (χ1) is 13.6. The molecular formula is C22H24N4O2. The Morgan fingerprint density at radius 1 is 1.04 bits per heavy atom. The molecule has 0 bridgehead atoms. The van der Waals surface area contributed by atoms with Crippen molar-refractivity contribution in [2.75, 3.05) is 13.1 Å². The van der Waals surface area contributed by atoms with Gasteiger partial charge in [0.2, 0.25) is 0 Å². The summed E-state index contributed by atoms with van der Waals surface area (Å²) in [6.07, 6.45) is 4.98. The summed E-state index contributed by atoms with van der Waals surface area (Å²) in [6.45, 7) is 5.55. The van der Waals surface area contributed by atoms with Crippen molar-refractivity contribution in [2.24, 2.45) is 0 Å². The molecule has 6 nitrogen and oxygen atoms in total. The Morgan fingerprint density at radius 2 is 1.75 bits per heavy atom. The van der Waals surface area contributed by atoms with E-state index >= 15 is 0 Å². The fourth-order valence-corrected chi connectivity index (χ4v) is 3.76. The number of aromatic nitrogens is 3. The number of hydrogen-bond acceptors (Lipinski definition) is 4. The van der Waals surface area contributed by atoms with Crippen molar-refractivity contribution in [1.82, 2.24) is 19.4 Å². The lowest BCUT2D eigenvalue weighted by Gasteiger charge is -2.26. The largest absolute Gasteiger partial charge is 0.339 e. The molecule has 0 N–H and O–H groups in total. The Kier molecular flexibility index (Phi) is 4.94. The first kappa shape index (κ1) is 18.3. The second-order valence-corrected chi connectivity index (χ2v) is 7.51. The fourth-order valence-electron chi connectivity index (χ4n) is 3.76. The van der Waals surface area contributed by atoms with Gasteiger partial charge in [0.1, 0.15) is 11.2 Å². The molecule has 144 valence electrons. The number of likely N-dealkylation sites (tertiary alicyclic amines) is 1. The van der Waals surface area contributed by atoms with Crippen molar-refractivity contribution < 1.29 is 4.79 Å². The Morgan fingerprint density at radius 3 is 2.43 bits per heavy atom. The maximum atomic E-state index is 13.1. The van der Waals surface area contributed by atoms with E-state index in [-0.39, 0.29) is 17.5 Å². The van der Waals surface area contributed by atoms with Crippen molar-refractivity contribution in [1.29, 1.82) is 0 Å². The molecule has 0 radical (unpaired) electrons. The van der Waals surface area contributed by atoms with E-state index in [1.807, 2.05) is 43.0 Å². The number of nitrogens with zero attached hydrogens (tertiary/aromatic N) is 4. The molecule has 28 heavy (non-hydrogen) atoms. The molecule has 6 heteroatoms. The number of amides is 1. The number of carbonyl (C=O) groups excluding carboxylic acids is 1. The molecule has 1 aliphatic heterocycles. The summed E-state index contributed by atoms with van der Waals surface area (Å²) in [5.41, 5.74) is 2.84. The van der Waals surface area contributed by atoms with Gasteiger partial charge >= 0.3 is 0 Å². The Hall–Kier alpha value is -3.02. The van der Waals surface area contributed by atoms with Crippen LogP contribution in [0.1, 0.15) is 49.5 Å². The average molecular weight is 376 g/mol. The molecule has 1 amide bonds. The predicted molar refractivity (Wildman–Crippen MR) is 109 cm³/mol. The molecule has 0 spiro atoms. The van der Waals surface area contributed by atoms with Gasteiger partial charge in [0, 0.05) is 36.5 Å². The molecule has 3 aromatic rings. The van der Waals surface area contributed by atoms with Gasteiger partial charge in [-0.15, -0.1) is 0 Å². The van der Waals surface area contributed by atoms with Crippen LogP contribution >= 0.6 is 0 Å². The molecule has 2 aromatic heterocycles. The third kappa shape index (κ3) is 3.30. The topological polar surface area (TPSA) is 68.1 Å². The molecule has 1 saturated heterocycles. The van der Waals surface area contributed by atoms with Gasteiger partial charge in [-0.05, 0) is 57.4 Å². The van der Waals surface area contributed by atoms with E-state index in [0.717, 1.165) is 25.9 Å². The zero-order valence-electron chi connectivity index (χ0n) is 16.3. The fraction of sp³-hybridized carbons (Fsp3) is 0.364. The van der Waals surface area contributed by atoms with Crippen LogP contribution in [0.15, 0.2) is 47.4 Å². The van der Waals surface area contributed by atoms with E-state index < -0.39 is 0 Å². The third-order valence-corrected chi connectivity index (χ3v) is 5.21. The van der Waals surface area contributed by atoms with E-state index in [2.05, 4.69) is 9.97 Å². The van der Waals surface area contributed by atoms with Gasteiger partial charge in [-0.1, -0.05) is 12.1 Å². The molecule has 0 saturated carbocycles. The van der Waals surface area contributed by atoms with Crippen LogP contribution in [-0.2, 0) is 0 Å². The van der Waals surface area contributed by atoms with Gasteiger partial charge in [0.05, 0.1) is 0 Å². The zero-order chi connectivity index (χ0) is 19.7. The number of benzene rings is 1. The van der Waals surface area contributed by atoms with E-state index in [9.17, 15) is 9.59 Å². The van der Waals surface area contributed by atoms with Crippen molar-refractivity contribution in [3.63, 3.8) is 0 Å². The van der Waals surface area contributed by atoms with Crippen LogP contribution in [0.25, 0.3) is 22.4 Å². The lowest BCUT2D eigenvalue weighted by molar-refractivity contribution is 0.0724. The first-order valence-electron chi connectivity index (χ1n) is 9.83. The molecular weight excluding hydrogens is 352 g/mol. The number of fused-ring (bicyclic) bond motifs is 1. The van der Waals surface area contributed by atoms with Crippen LogP contribution in [0.3, 0.4) is 0 Å². The number of rotatable bonds is 3. The normalized spacial score (nSPS) is 14.6. The smallest absolute Gasteiger partial charge is 0.278 e. The highest BCUT2D eigenvalue weighted by Gasteiger charge is 2.19. The summed E-state index contributed by atoms with van der Waals surface area (Å²) in [7, 11) is 0. The van der Waals surface area contributed by atoms with Crippen LogP contribution < -0.4 is 5.56 Å². The molecule has 1 aromatic carbocycles. The Labute approximate surface area is 163 Å². The lowest BCUT2D eigenvalue weighted by Crippen LogP contribution is -2.35. The highest BCUT2D eigenvalue weighted by atomic mass is 16.2. The van der Waals surface area contributed by atoms with Crippen LogP contribution in [0, 0.1) is 0 Å². The van der Waals surface area contributed by atoms with Crippen molar-refractivity contribution in [3.05, 3.63) is 58.5 Å². The highest BCUT2D eigenvalue weighted by Crippen LogP contribution is 2.20. The average Bonchev–Trinajstić information content (AvgIpc) is 2.73. The summed E-state index contributed by atoms with van der Waals surface area (Å²) < 4.78 is 1.67. The minimum absolute atomic E-state index is 0.0356. The standard InChI is InChI=1S/C22H24N4O2/c1-15(2)26-20-18(7-6-12-23-20)24-19(22(26)28)16-8-10-17(11-9-16)21(27)25-13-4-3-5-14-25/h6-12,15H,3-5,13-14H2,1-2H3. The van der Waals surface area contributed by atoms with Gasteiger partial charge in [0.15, 0.2) is 5.65 Å². The molecule has 1 aliphatic rings. The maximum Gasteiger partial charge on any atom is 0.278 e. The van der Waals surface area contributed by atoms with Gasteiger partial charge in [-0.25, -0.2) is 9.97 Å². The lowest BCUT2D eigenvalue weighted by atomic mass is 10.1. The minimum atomic E-state index is -0.170. The first-order valence-corrected chi connectivity index (χ1v) is 9.83. The maximum absolute atomic E-state index is 13.1.